The molecule has 1 saturated heterocycles. The number of likely N-dealkylation sites (N-methyl/N-ethyl adjacent to an activating group) is 1. The standard InChI is InChI=1S/C8H19N3O3S.ClH/c1-10(5-6-14-2)15(12,13)11-4-3-8(9)7-11;/h8H,3-7,9H2,1-2H3;1H/t8-;/m0./s1. The first kappa shape index (κ1) is 16.1. The number of methoxy groups -OCH3 is 1. The van der Waals surface area contributed by atoms with Gasteiger partial charge in [0.1, 0.15) is 0 Å². The highest BCUT2D eigenvalue weighted by molar-refractivity contribution is 7.86. The van der Waals surface area contributed by atoms with Crippen LogP contribution in [0.15, 0.2) is 0 Å². The number of hydrogen-bond acceptors (Lipinski definition) is 4. The van der Waals surface area contributed by atoms with Crippen molar-refractivity contribution in [3.8, 4) is 0 Å². The first-order valence-corrected chi connectivity index (χ1v) is 6.34. The van der Waals surface area contributed by atoms with Crippen LogP contribution in [0.25, 0.3) is 0 Å². The molecule has 16 heavy (non-hydrogen) atoms. The molecule has 6 nitrogen and oxygen atoms in total. The molecule has 1 aliphatic heterocycles. The zero-order valence-electron chi connectivity index (χ0n) is 9.63. The lowest BCUT2D eigenvalue weighted by atomic mass is 10.3. The fourth-order valence-corrected chi connectivity index (χ4v) is 2.91. The maximum atomic E-state index is 11.9. The van der Waals surface area contributed by atoms with Gasteiger partial charge in [0.15, 0.2) is 0 Å². The first-order valence-electron chi connectivity index (χ1n) is 4.94. The van der Waals surface area contributed by atoms with Gasteiger partial charge >= 0.3 is 0 Å². The van der Waals surface area contributed by atoms with E-state index in [0.29, 0.717) is 26.2 Å². The zero-order valence-corrected chi connectivity index (χ0v) is 11.3. The molecule has 0 aromatic carbocycles. The second-order valence-electron chi connectivity index (χ2n) is 3.73. The van der Waals surface area contributed by atoms with Crippen LogP contribution in [-0.4, -0.2) is 63.5 Å². The van der Waals surface area contributed by atoms with Crippen molar-refractivity contribution in [1.82, 2.24) is 8.61 Å². The number of hydrogen-bond donors (Lipinski definition) is 1. The molecular formula is C8H20ClN3O3S. The van der Waals surface area contributed by atoms with Gasteiger partial charge in [-0.15, -0.1) is 12.4 Å². The van der Waals surface area contributed by atoms with Crippen LogP contribution in [0.3, 0.4) is 0 Å². The Hall–Kier alpha value is 0.0800. The normalized spacial score (nSPS) is 22.4. The molecule has 1 aliphatic rings. The second kappa shape index (κ2) is 6.73. The summed E-state index contributed by atoms with van der Waals surface area (Å²) in [5.41, 5.74) is 5.67. The minimum atomic E-state index is -3.34. The SMILES string of the molecule is COCCN(C)S(=O)(=O)N1CC[C@H](N)C1.Cl. The van der Waals surface area contributed by atoms with Gasteiger partial charge in [-0.1, -0.05) is 0 Å². The van der Waals surface area contributed by atoms with Crippen LogP contribution in [0.2, 0.25) is 0 Å². The van der Waals surface area contributed by atoms with Crippen LogP contribution >= 0.6 is 12.4 Å². The predicted molar refractivity (Wildman–Crippen MR) is 64.8 cm³/mol. The van der Waals surface area contributed by atoms with Gasteiger partial charge in [-0.2, -0.15) is 17.0 Å². The average Bonchev–Trinajstić information content (AvgIpc) is 2.61. The molecule has 0 saturated carbocycles. The molecule has 8 heteroatoms. The van der Waals surface area contributed by atoms with Gasteiger partial charge in [-0.25, -0.2) is 0 Å². The molecule has 1 rings (SSSR count). The van der Waals surface area contributed by atoms with Crippen molar-refractivity contribution < 1.29 is 13.2 Å². The molecule has 0 radical (unpaired) electrons. The molecule has 0 bridgehead atoms. The monoisotopic (exact) mass is 273 g/mol. The van der Waals surface area contributed by atoms with E-state index in [-0.39, 0.29) is 18.4 Å². The third-order valence-electron chi connectivity index (χ3n) is 2.52. The van der Waals surface area contributed by atoms with Crippen LogP contribution in [0.4, 0.5) is 0 Å². The summed E-state index contributed by atoms with van der Waals surface area (Å²) >= 11 is 0. The van der Waals surface area contributed by atoms with Gasteiger partial charge in [0.05, 0.1) is 6.61 Å². The molecular weight excluding hydrogens is 254 g/mol. The van der Waals surface area contributed by atoms with Crippen LogP contribution in [-0.2, 0) is 14.9 Å². The quantitative estimate of drug-likeness (QED) is 0.716. The van der Waals surface area contributed by atoms with Crippen molar-refractivity contribution in [2.24, 2.45) is 5.73 Å². The van der Waals surface area contributed by atoms with Crippen molar-refractivity contribution >= 4 is 22.6 Å². The maximum Gasteiger partial charge on any atom is 0.281 e. The van der Waals surface area contributed by atoms with Gasteiger partial charge < -0.3 is 10.5 Å². The zero-order chi connectivity index (χ0) is 11.5. The van der Waals surface area contributed by atoms with Crippen molar-refractivity contribution in [1.29, 1.82) is 0 Å². The molecule has 0 aliphatic carbocycles. The van der Waals surface area contributed by atoms with Gasteiger partial charge in [-0.3, -0.25) is 0 Å². The molecule has 0 spiro atoms. The number of halogens is 1. The Morgan fingerprint density at radius 2 is 2.19 bits per heavy atom. The Bertz CT molecular complexity index is 299. The highest BCUT2D eigenvalue weighted by atomic mass is 35.5. The lowest BCUT2D eigenvalue weighted by Crippen LogP contribution is -2.42. The van der Waals surface area contributed by atoms with E-state index in [0.717, 1.165) is 6.42 Å². The highest BCUT2D eigenvalue weighted by Crippen LogP contribution is 2.14. The summed E-state index contributed by atoms with van der Waals surface area (Å²) in [6.07, 6.45) is 0.733. The summed E-state index contributed by atoms with van der Waals surface area (Å²) in [4.78, 5) is 0. The Morgan fingerprint density at radius 3 is 2.62 bits per heavy atom. The molecule has 98 valence electrons. The summed E-state index contributed by atoms with van der Waals surface area (Å²) in [5, 5.41) is 0. The molecule has 0 unspecified atom stereocenters. The largest absolute Gasteiger partial charge is 0.383 e. The van der Waals surface area contributed by atoms with Crippen LogP contribution in [0.5, 0.6) is 0 Å². The van der Waals surface area contributed by atoms with E-state index >= 15 is 0 Å². The fourth-order valence-electron chi connectivity index (χ4n) is 1.50. The third kappa shape index (κ3) is 3.83. The molecule has 1 fully saturated rings. The molecule has 0 aromatic rings. The van der Waals surface area contributed by atoms with E-state index in [1.54, 1.807) is 14.2 Å². The van der Waals surface area contributed by atoms with E-state index in [1.807, 2.05) is 0 Å². The lowest BCUT2D eigenvalue weighted by molar-refractivity contribution is 0.183. The molecule has 0 amide bonds. The van der Waals surface area contributed by atoms with Crippen LogP contribution in [0.1, 0.15) is 6.42 Å². The van der Waals surface area contributed by atoms with Gasteiger partial charge in [0, 0.05) is 39.8 Å². The van der Waals surface area contributed by atoms with Gasteiger partial charge in [0.2, 0.25) is 0 Å². The minimum Gasteiger partial charge on any atom is -0.383 e. The minimum absolute atomic E-state index is 0. The van der Waals surface area contributed by atoms with E-state index in [4.69, 9.17) is 10.5 Å². The lowest BCUT2D eigenvalue weighted by Gasteiger charge is -2.23. The summed E-state index contributed by atoms with van der Waals surface area (Å²) in [5.74, 6) is 0. The topological polar surface area (TPSA) is 75.9 Å². The third-order valence-corrected chi connectivity index (χ3v) is 4.47. The number of nitrogens with zero attached hydrogens (tertiary/aromatic N) is 2. The molecule has 1 atom stereocenters. The Labute approximate surface area is 103 Å². The molecule has 0 aromatic heterocycles. The molecule has 2 N–H and O–H groups in total. The average molecular weight is 274 g/mol. The Balaban J connectivity index is 0.00000225. The summed E-state index contributed by atoms with van der Waals surface area (Å²) in [7, 11) is -0.236. The predicted octanol–water partition coefficient (Wildman–Crippen LogP) is -0.736. The second-order valence-corrected chi connectivity index (χ2v) is 5.76. The van der Waals surface area contributed by atoms with E-state index in [2.05, 4.69) is 0 Å². The summed E-state index contributed by atoms with van der Waals surface area (Å²) < 4.78 is 31.4. The summed E-state index contributed by atoms with van der Waals surface area (Å²) in [6, 6.07) is -0.0319. The van der Waals surface area contributed by atoms with Crippen molar-refractivity contribution in [3.05, 3.63) is 0 Å². The van der Waals surface area contributed by atoms with Crippen molar-refractivity contribution in [2.45, 2.75) is 12.5 Å². The number of rotatable bonds is 5. The molecule has 1 heterocycles. The van der Waals surface area contributed by atoms with Crippen LogP contribution < -0.4 is 5.73 Å². The van der Waals surface area contributed by atoms with E-state index in [1.165, 1.54) is 8.61 Å². The smallest absolute Gasteiger partial charge is 0.281 e. The van der Waals surface area contributed by atoms with Gasteiger partial charge in [-0.05, 0) is 6.42 Å². The van der Waals surface area contributed by atoms with Crippen LogP contribution in [0, 0.1) is 0 Å². The van der Waals surface area contributed by atoms with E-state index in [9.17, 15) is 8.42 Å². The highest BCUT2D eigenvalue weighted by Gasteiger charge is 2.32. The first-order chi connectivity index (χ1) is 6.98. The number of nitrogens with two attached hydrogens (primary N) is 1. The Kier molecular flexibility index (Phi) is 6.76. The van der Waals surface area contributed by atoms with E-state index < -0.39 is 10.2 Å². The maximum absolute atomic E-state index is 11.9. The van der Waals surface area contributed by atoms with Crippen molar-refractivity contribution in [3.63, 3.8) is 0 Å². The van der Waals surface area contributed by atoms with Gasteiger partial charge in [0.25, 0.3) is 10.2 Å². The number of ether oxygens (including phenoxy) is 1. The summed E-state index contributed by atoms with van der Waals surface area (Å²) in [6.45, 7) is 1.70. The Morgan fingerprint density at radius 1 is 1.56 bits per heavy atom. The fraction of sp³-hybridized carbons (Fsp3) is 1.00. The van der Waals surface area contributed by atoms with Crippen molar-refractivity contribution in [2.75, 3.05) is 40.4 Å².